The summed E-state index contributed by atoms with van der Waals surface area (Å²) in [4.78, 5) is 10.3. The molecule has 1 atom stereocenters. The van der Waals surface area contributed by atoms with Gasteiger partial charge in [0, 0.05) is 12.8 Å². The molecule has 0 bridgehead atoms. The van der Waals surface area contributed by atoms with Crippen molar-refractivity contribution in [2.24, 2.45) is 0 Å². The van der Waals surface area contributed by atoms with Crippen molar-refractivity contribution < 1.29 is 9.53 Å². The van der Waals surface area contributed by atoms with E-state index in [-0.39, 0.29) is 6.10 Å². The van der Waals surface area contributed by atoms with E-state index in [1.54, 1.807) is 0 Å². The summed E-state index contributed by atoms with van der Waals surface area (Å²) >= 11 is 3.50. The second kappa shape index (κ2) is 4.35. The molecule has 0 amide bonds. The van der Waals surface area contributed by atoms with Crippen molar-refractivity contribution in [3.05, 3.63) is 27.7 Å². The smallest absolute Gasteiger partial charge is 0.137 e. The van der Waals surface area contributed by atoms with Gasteiger partial charge in [-0.3, -0.25) is 0 Å². The van der Waals surface area contributed by atoms with Crippen LogP contribution in [0.2, 0.25) is 0 Å². The summed E-state index contributed by atoms with van der Waals surface area (Å²) in [5.74, 6) is 0.970. The Hall–Kier alpha value is -0.830. The number of carbonyl (C=O) groups excluding carboxylic acids is 1. The number of hydrogen-bond acceptors (Lipinski definition) is 2. The summed E-state index contributed by atoms with van der Waals surface area (Å²) < 4.78 is 6.69. The summed E-state index contributed by atoms with van der Waals surface area (Å²) in [5.41, 5.74) is 2.45. The Morgan fingerprint density at radius 3 is 3.13 bits per heavy atom. The number of halogens is 1. The minimum Gasteiger partial charge on any atom is -0.489 e. The van der Waals surface area contributed by atoms with Gasteiger partial charge in [-0.25, -0.2) is 0 Å². The van der Waals surface area contributed by atoms with Crippen LogP contribution in [-0.4, -0.2) is 12.4 Å². The van der Waals surface area contributed by atoms with E-state index >= 15 is 0 Å². The number of ether oxygens (including phenoxy) is 1. The van der Waals surface area contributed by atoms with Gasteiger partial charge in [-0.05, 0) is 46.5 Å². The van der Waals surface area contributed by atoms with Crippen molar-refractivity contribution in [1.82, 2.24) is 0 Å². The quantitative estimate of drug-likeness (QED) is 0.789. The monoisotopic (exact) mass is 268 g/mol. The fourth-order valence-corrected chi connectivity index (χ4v) is 2.56. The van der Waals surface area contributed by atoms with Crippen LogP contribution >= 0.6 is 15.9 Å². The Bertz CT molecular complexity index is 387. The molecule has 1 aromatic carbocycles. The van der Waals surface area contributed by atoms with Gasteiger partial charge in [-0.1, -0.05) is 6.07 Å². The van der Waals surface area contributed by atoms with Gasteiger partial charge in [0.15, 0.2) is 0 Å². The maximum Gasteiger partial charge on any atom is 0.137 e. The Morgan fingerprint density at radius 2 is 2.40 bits per heavy atom. The molecule has 1 aliphatic heterocycles. The van der Waals surface area contributed by atoms with Crippen LogP contribution in [0, 0.1) is 0 Å². The molecule has 0 fully saturated rings. The first-order chi connectivity index (χ1) is 7.20. The second-order valence-corrected chi connectivity index (χ2v) is 4.76. The largest absolute Gasteiger partial charge is 0.489 e. The van der Waals surface area contributed by atoms with Crippen LogP contribution in [0.15, 0.2) is 16.6 Å². The number of carbonyl (C=O) groups is 1. The minimum atomic E-state index is 0.262. The molecular formula is C12H13BrO2. The maximum absolute atomic E-state index is 10.3. The first-order valence-corrected chi connectivity index (χ1v) is 5.91. The molecule has 0 N–H and O–H groups in total. The molecule has 1 heterocycles. The van der Waals surface area contributed by atoms with E-state index in [0.717, 1.165) is 29.4 Å². The lowest BCUT2D eigenvalue weighted by molar-refractivity contribution is -0.107. The maximum atomic E-state index is 10.3. The molecule has 80 valence electrons. The van der Waals surface area contributed by atoms with Crippen LogP contribution < -0.4 is 4.74 Å². The Morgan fingerprint density at radius 1 is 1.60 bits per heavy atom. The van der Waals surface area contributed by atoms with E-state index in [2.05, 4.69) is 28.9 Å². The lowest BCUT2D eigenvalue weighted by atomic mass is 10.0. The van der Waals surface area contributed by atoms with Gasteiger partial charge in [-0.2, -0.15) is 0 Å². The molecule has 2 rings (SSSR count). The zero-order valence-corrected chi connectivity index (χ0v) is 10.2. The van der Waals surface area contributed by atoms with E-state index in [9.17, 15) is 4.79 Å². The van der Waals surface area contributed by atoms with Crippen LogP contribution in [0.5, 0.6) is 5.75 Å². The molecule has 0 aliphatic carbocycles. The highest BCUT2D eigenvalue weighted by Crippen LogP contribution is 2.37. The minimum absolute atomic E-state index is 0.262. The highest BCUT2D eigenvalue weighted by Gasteiger charge is 2.21. The zero-order chi connectivity index (χ0) is 10.8. The van der Waals surface area contributed by atoms with E-state index in [4.69, 9.17) is 4.74 Å². The number of aldehydes is 1. The molecule has 0 saturated heterocycles. The second-order valence-electron chi connectivity index (χ2n) is 3.90. The number of benzene rings is 1. The van der Waals surface area contributed by atoms with Gasteiger partial charge < -0.3 is 9.53 Å². The summed E-state index contributed by atoms with van der Waals surface area (Å²) in [6.45, 7) is 2.07. The van der Waals surface area contributed by atoms with Crippen molar-refractivity contribution >= 4 is 22.2 Å². The average molecular weight is 269 g/mol. The lowest BCUT2D eigenvalue weighted by Gasteiger charge is -2.06. The van der Waals surface area contributed by atoms with Crippen molar-refractivity contribution in [2.45, 2.75) is 32.3 Å². The molecule has 1 unspecified atom stereocenters. The third kappa shape index (κ3) is 2.23. The van der Waals surface area contributed by atoms with E-state index in [0.29, 0.717) is 6.42 Å². The van der Waals surface area contributed by atoms with E-state index in [1.807, 2.05) is 6.07 Å². The molecule has 3 heteroatoms. The van der Waals surface area contributed by atoms with Gasteiger partial charge in [0.1, 0.15) is 18.1 Å². The standard InChI is InChI=1S/C12H13BrO2/c1-8-5-10-6-9(3-2-4-14)7-11(13)12(10)15-8/h4,6-8H,2-3,5H2,1H3. The molecule has 2 nitrogen and oxygen atoms in total. The van der Waals surface area contributed by atoms with Crippen molar-refractivity contribution in [3.8, 4) is 5.75 Å². The number of hydrogen-bond donors (Lipinski definition) is 0. The third-order valence-electron chi connectivity index (χ3n) is 2.56. The van der Waals surface area contributed by atoms with Gasteiger partial charge in [0.05, 0.1) is 4.47 Å². The summed E-state index contributed by atoms with van der Waals surface area (Å²) in [7, 11) is 0. The van der Waals surface area contributed by atoms with Crippen LogP contribution in [0.1, 0.15) is 24.5 Å². The predicted octanol–water partition coefficient (Wildman–Crippen LogP) is 2.90. The Balaban J connectivity index is 2.27. The molecule has 0 saturated carbocycles. The van der Waals surface area contributed by atoms with E-state index < -0.39 is 0 Å². The van der Waals surface area contributed by atoms with E-state index in [1.165, 1.54) is 11.1 Å². The van der Waals surface area contributed by atoms with Gasteiger partial charge in [0.25, 0.3) is 0 Å². The van der Waals surface area contributed by atoms with Crippen LogP contribution in [0.25, 0.3) is 0 Å². The molecule has 0 radical (unpaired) electrons. The summed E-state index contributed by atoms with van der Waals surface area (Å²) in [6, 6.07) is 4.19. The van der Waals surface area contributed by atoms with Crippen LogP contribution in [0.3, 0.4) is 0 Å². The highest BCUT2D eigenvalue weighted by molar-refractivity contribution is 9.10. The summed E-state index contributed by atoms with van der Waals surface area (Å²) in [6.07, 6.45) is 3.58. The SMILES string of the molecule is CC1Cc2cc(CCC=O)cc(Br)c2O1. The number of rotatable bonds is 3. The Labute approximate surface area is 97.8 Å². The van der Waals surface area contributed by atoms with Gasteiger partial charge >= 0.3 is 0 Å². The van der Waals surface area contributed by atoms with Crippen molar-refractivity contribution in [2.75, 3.05) is 0 Å². The first-order valence-electron chi connectivity index (χ1n) is 5.12. The van der Waals surface area contributed by atoms with Crippen LogP contribution in [0.4, 0.5) is 0 Å². The molecule has 1 aliphatic rings. The predicted molar refractivity (Wildman–Crippen MR) is 62.3 cm³/mol. The van der Waals surface area contributed by atoms with Crippen molar-refractivity contribution in [1.29, 1.82) is 0 Å². The molecule has 1 aromatic rings. The third-order valence-corrected chi connectivity index (χ3v) is 3.15. The lowest BCUT2D eigenvalue weighted by Crippen LogP contribution is -2.05. The summed E-state index contributed by atoms with van der Waals surface area (Å²) in [5, 5.41) is 0. The average Bonchev–Trinajstić information content (AvgIpc) is 2.56. The normalized spacial score (nSPS) is 18.4. The van der Waals surface area contributed by atoms with Gasteiger partial charge in [0.2, 0.25) is 0 Å². The molecule has 0 spiro atoms. The zero-order valence-electron chi connectivity index (χ0n) is 8.63. The van der Waals surface area contributed by atoms with Gasteiger partial charge in [-0.15, -0.1) is 0 Å². The fraction of sp³-hybridized carbons (Fsp3) is 0.417. The fourth-order valence-electron chi connectivity index (χ4n) is 1.92. The molecule has 0 aromatic heterocycles. The number of aryl methyl sites for hydroxylation is 1. The van der Waals surface area contributed by atoms with Crippen molar-refractivity contribution in [3.63, 3.8) is 0 Å². The number of fused-ring (bicyclic) bond motifs is 1. The molecule has 15 heavy (non-hydrogen) atoms. The van der Waals surface area contributed by atoms with Crippen LogP contribution in [-0.2, 0) is 17.6 Å². The Kier molecular flexibility index (Phi) is 3.10. The highest BCUT2D eigenvalue weighted by atomic mass is 79.9. The topological polar surface area (TPSA) is 26.3 Å². The first kappa shape index (κ1) is 10.7. The molecular weight excluding hydrogens is 256 g/mol.